The molecule has 0 amide bonds. The zero-order valence-corrected chi connectivity index (χ0v) is 12.0. The minimum absolute atomic E-state index is 0.0941. The van der Waals surface area contributed by atoms with Gasteiger partial charge in [0.25, 0.3) is 0 Å². The first-order chi connectivity index (χ1) is 10.9. The lowest BCUT2D eigenvalue weighted by Gasteiger charge is -2.07. The summed E-state index contributed by atoms with van der Waals surface area (Å²) in [6.07, 6.45) is -0.439. The number of hydrogen-bond donors (Lipinski definition) is 0. The van der Waals surface area contributed by atoms with Crippen molar-refractivity contribution in [3.63, 3.8) is 0 Å². The van der Waals surface area contributed by atoms with E-state index in [0.717, 1.165) is 18.2 Å². The first kappa shape index (κ1) is 16.6. The van der Waals surface area contributed by atoms with Crippen molar-refractivity contribution in [3.05, 3.63) is 66.5 Å². The third-order valence-electron chi connectivity index (χ3n) is 2.83. The van der Waals surface area contributed by atoms with Crippen LogP contribution in [0.5, 0.6) is 0 Å². The number of alkyl halides is 3. The Bertz CT molecular complexity index is 727. The molecular weight excluding hydrogens is 309 g/mol. The quantitative estimate of drug-likeness (QED) is 0.455. The zero-order chi connectivity index (χ0) is 16.9. The van der Waals surface area contributed by atoms with Crippen LogP contribution in [0, 0.1) is 0 Å². The maximum absolute atomic E-state index is 12.7. The van der Waals surface area contributed by atoms with E-state index >= 15 is 0 Å². The molecule has 3 nitrogen and oxygen atoms in total. The van der Waals surface area contributed by atoms with Crippen molar-refractivity contribution in [1.82, 2.24) is 0 Å². The van der Waals surface area contributed by atoms with Crippen LogP contribution in [0.3, 0.4) is 0 Å². The number of hydrogen-bond acceptors (Lipinski definition) is 3. The molecule has 1 heterocycles. The number of carbonyl (C=O) groups is 1. The molecule has 0 N–H and O–H groups in total. The van der Waals surface area contributed by atoms with Gasteiger partial charge < -0.3 is 9.15 Å². The number of furan rings is 1. The largest absolute Gasteiger partial charge is 0.458 e. The molecule has 0 bridgehead atoms. The lowest BCUT2D eigenvalue weighted by atomic mass is 10.1. The number of ether oxygens (including phenoxy) is 1. The Morgan fingerprint density at radius 3 is 2.74 bits per heavy atom. The summed E-state index contributed by atoms with van der Waals surface area (Å²) >= 11 is 0. The second-order valence-electron chi connectivity index (χ2n) is 4.53. The maximum atomic E-state index is 12.7. The van der Waals surface area contributed by atoms with E-state index in [1.807, 2.05) is 0 Å². The van der Waals surface area contributed by atoms with E-state index in [1.54, 1.807) is 6.07 Å². The van der Waals surface area contributed by atoms with Crippen LogP contribution >= 0.6 is 0 Å². The molecule has 2 aromatic rings. The topological polar surface area (TPSA) is 39.4 Å². The summed E-state index contributed by atoms with van der Waals surface area (Å²) < 4.78 is 48.3. The van der Waals surface area contributed by atoms with Crippen LogP contribution in [-0.2, 0) is 15.7 Å². The van der Waals surface area contributed by atoms with Gasteiger partial charge in [0.05, 0.1) is 5.56 Å². The standard InChI is InChI=1S/C17H13F3O3/c1-2-10-22-16(21)9-7-14-6-8-15(23-14)12-4-3-5-13(11-12)17(18,19)20/h2-9,11H,1,10H2/b9-7+. The first-order valence-electron chi connectivity index (χ1n) is 6.63. The molecule has 2 rings (SSSR count). The summed E-state index contributed by atoms with van der Waals surface area (Å²) in [6, 6.07) is 7.90. The second-order valence-corrected chi connectivity index (χ2v) is 4.53. The van der Waals surface area contributed by atoms with E-state index in [2.05, 4.69) is 6.58 Å². The van der Waals surface area contributed by atoms with Crippen LogP contribution in [0.25, 0.3) is 17.4 Å². The fourth-order valence-corrected chi connectivity index (χ4v) is 1.79. The van der Waals surface area contributed by atoms with Crippen LogP contribution in [0.4, 0.5) is 13.2 Å². The van der Waals surface area contributed by atoms with Crippen LogP contribution in [0.1, 0.15) is 11.3 Å². The molecule has 0 saturated heterocycles. The SMILES string of the molecule is C=CCOC(=O)/C=C/c1ccc(-c2cccc(C(F)(F)F)c2)o1. The van der Waals surface area contributed by atoms with Crippen molar-refractivity contribution in [2.75, 3.05) is 6.61 Å². The Hall–Kier alpha value is -2.76. The minimum Gasteiger partial charge on any atom is -0.458 e. The molecule has 0 aliphatic carbocycles. The molecule has 23 heavy (non-hydrogen) atoms. The second kappa shape index (κ2) is 7.00. The molecule has 0 unspecified atom stereocenters. The first-order valence-corrected chi connectivity index (χ1v) is 6.63. The highest BCUT2D eigenvalue weighted by Gasteiger charge is 2.30. The molecule has 0 aliphatic heterocycles. The molecule has 0 aliphatic rings. The van der Waals surface area contributed by atoms with Gasteiger partial charge in [0.15, 0.2) is 0 Å². The summed E-state index contributed by atoms with van der Waals surface area (Å²) in [7, 11) is 0. The van der Waals surface area contributed by atoms with Gasteiger partial charge in [-0.3, -0.25) is 0 Å². The van der Waals surface area contributed by atoms with Crippen LogP contribution in [0.2, 0.25) is 0 Å². The lowest BCUT2D eigenvalue weighted by Crippen LogP contribution is -2.04. The third kappa shape index (κ3) is 4.60. The summed E-state index contributed by atoms with van der Waals surface area (Å²) in [5, 5.41) is 0. The van der Waals surface area contributed by atoms with Gasteiger partial charge in [-0.25, -0.2) is 4.79 Å². The molecule has 0 saturated carbocycles. The smallest absolute Gasteiger partial charge is 0.416 e. The Labute approximate surface area is 130 Å². The van der Waals surface area contributed by atoms with Crippen LogP contribution in [-0.4, -0.2) is 12.6 Å². The number of halogens is 3. The molecule has 120 valence electrons. The summed E-state index contributed by atoms with van der Waals surface area (Å²) in [5.41, 5.74) is -0.454. The lowest BCUT2D eigenvalue weighted by molar-refractivity contribution is -0.138. The molecule has 0 atom stereocenters. The number of benzene rings is 1. The van der Waals surface area contributed by atoms with Gasteiger partial charge in [-0.2, -0.15) is 13.2 Å². The Morgan fingerprint density at radius 1 is 1.26 bits per heavy atom. The molecule has 0 spiro atoms. The Morgan fingerprint density at radius 2 is 2.04 bits per heavy atom. The predicted molar refractivity (Wildman–Crippen MR) is 79.3 cm³/mol. The monoisotopic (exact) mass is 322 g/mol. The fraction of sp³-hybridized carbons (Fsp3) is 0.118. The Balaban J connectivity index is 2.15. The normalized spacial score (nSPS) is 11.6. The van der Waals surface area contributed by atoms with Crippen molar-refractivity contribution < 1.29 is 27.1 Å². The average Bonchev–Trinajstić information content (AvgIpc) is 2.99. The van der Waals surface area contributed by atoms with Crippen molar-refractivity contribution in [1.29, 1.82) is 0 Å². The fourth-order valence-electron chi connectivity index (χ4n) is 1.79. The summed E-state index contributed by atoms with van der Waals surface area (Å²) in [6.45, 7) is 3.51. The van der Waals surface area contributed by atoms with Crippen molar-refractivity contribution >= 4 is 12.0 Å². The average molecular weight is 322 g/mol. The number of rotatable bonds is 5. The number of esters is 1. The van der Waals surface area contributed by atoms with Gasteiger partial charge in [0.1, 0.15) is 18.1 Å². The van der Waals surface area contributed by atoms with Crippen molar-refractivity contribution in [2.24, 2.45) is 0 Å². The van der Waals surface area contributed by atoms with Crippen LogP contribution < -0.4 is 0 Å². The van der Waals surface area contributed by atoms with Gasteiger partial charge in [-0.15, -0.1) is 0 Å². The molecule has 6 heteroatoms. The molecular formula is C17H13F3O3. The van der Waals surface area contributed by atoms with Crippen molar-refractivity contribution in [2.45, 2.75) is 6.18 Å². The van der Waals surface area contributed by atoms with E-state index < -0.39 is 17.7 Å². The van der Waals surface area contributed by atoms with E-state index in [1.165, 1.54) is 30.4 Å². The van der Waals surface area contributed by atoms with Crippen molar-refractivity contribution in [3.8, 4) is 11.3 Å². The molecule has 0 radical (unpaired) electrons. The molecule has 1 aromatic carbocycles. The van der Waals surface area contributed by atoms with E-state index in [9.17, 15) is 18.0 Å². The highest BCUT2D eigenvalue weighted by atomic mass is 19.4. The van der Waals surface area contributed by atoms with E-state index in [-0.39, 0.29) is 12.4 Å². The zero-order valence-electron chi connectivity index (χ0n) is 12.0. The minimum atomic E-state index is -4.42. The summed E-state index contributed by atoms with van der Waals surface area (Å²) in [4.78, 5) is 11.3. The van der Waals surface area contributed by atoms with Crippen LogP contribution in [0.15, 0.2) is 59.5 Å². The van der Waals surface area contributed by atoms with Gasteiger partial charge in [-0.05, 0) is 30.3 Å². The van der Waals surface area contributed by atoms with E-state index in [4.69, 9.17) is 9.15 Å². The third-order valence-corrected chi connectivity index (χ3v) is 2.83. The number of carbonyl (C=O) groups excluding carboxylic acids is 1. The van der Waals surface area contributed by atoms with Gasteiger partial charge >= 0.3 is 12.1 Å². The van der Waals surface area contributed by atoms with E-state index in [0.29, 0.717) is 11.3 Å². The molecule has 0 fully saturated rings. The highest BCUT2D eigenvalue weighted by Crippen LogP contribution is 2.32. The van der Waals surface area contributed by atoms with Gasteiger partial charge in [-0.1, -0.05) is 24.8 Å². The Kier molecular flexibility index (Phi) is 5.05. The van der Waals surface area contributed by atoms with Gasteiger partial charge in [0.2, 0.25) is 0 Å². The highest BCUT2D eigenvalue weighted by molar-refractivity contribution is 5.86. The summed E-state index contributed by atoms with van der Waals surface area (Å²) in [5.74, 6) is 0.0325. The molecule has 1 aromatic heterocycles. The maximum Gasteiger partial charge on any atom is 0.416 e. The predicted octanol–water partition coefficient (Wildman–Crippen LogP) is 4.71. The van der Waals surface area contributed by atoms with Gasteiger partial charge in [0, 0.05) is 11.6 Å².